The highest BCUT2D eigenvalue weighted by molar-refractivity contribution is 5.92. The molecule has 2 aromatic carbocycles. The van der Waals surface area contributed by atoms with Crippen LogP contribution in [-0.2, 0) is 0 Å². The molecule has 0 fully saturated rings. The highest BCUT2D eigenvalue weighted by atomic mass is 16.3. The van der Waals surface area contributed by atoms with Crippen LogP contribution in [0.2, 0.25) is 0 Å². The van der Waals surface area contributed by atoms with Gasteiger partial charge in [0.2, 0.25) is 0 Å². The summed E-state index contributed by atoms with van der Waals surface area (Å²) in [4.78, 5) is 0. The topological polar surface area (TPSA) is 80.9 Å². The Morgan fingerprint density at radius 2 is 1.29 bits per heavy atom. The monoisotopic (exact) mass is 192 g/mol. The van der Waals surface area contributed by atoms with Crippen LogP contribution in [0.4, 0.5) is 0 Å². The van der Waals surface area contributed by atoms with E-state index in [2.05, 4.69) is 0 Å². The summed E-state index contributed by atoms with van der Waals surface area (Å²) in [7, 11) is 0. The van der Waals surface area contributed by atoms with Gasteiger partial charge in [-0.25, -0.2) is 0 Å². The van der Waals surface area contributed by atoms with Crippen LogP contribution in [0.1, 0.15) is 0 Å². The zero-order valence-corrected chi connectivity index (χ0v) is 7.10. The van der Waals surface area contributed by atoms with Gasteiger partial charge in [0.05, 0.1) is 0 Å². The lowest BCUT2D eigenvalue weighted by Crippen LogP contribution is -1.76. The molecule has 4 nitrogen and oxygen atoms in total. The largest absolute Gasteiger partial charge is 0.508 e. The quantitative estimate of drug-likeness (QED) is 0.478. The summed E-state index contributed by atoms with van der Waals surface area (Å²) >= 11 is 0. The smallest absolute Gasteiger partial charge is 0.158 e. The van der Waals surface area contributed by atoms with Crippen molar-refractivity contribution in [3.05, 3.63) is 24.3 Å². The molecule has 0 unspecified atom stereocenters. The van der Waals surface area contributed by atoms with E-state index in [0.717, 1.165) is 0 Å². The molecular formula is C10H8O4. The molecule has 0 aliphatic heterocycles. The zero-order chi connectivity index (χ0) is 10.3. The van der Waals surface area contributed by atoms with Crippen molar-refractivity contribution in [2.75, 3.05) is 0 Å². The van der Waals surface area contributed by atoms with Crippen molar-refractivity contribution < 1.29 is 20.4 Å². The minimum Gasteiger partial charge on any atom is -0.508 e. The number of aromatic hydroxyl groups is 4. The zero-order valence-electron chi connectivity index (χ0n) is 7.10. The van der Waals surface area contributed by atoms with Crippen LogP contribution < -0.4 is 0 Å². The fourth-order valence-electron chi connectivity index (χ4n) is 1.35. The third kappa shape index (κ3) is 1.17. The van der Waals surface area contributed by atoms with E-state index in [1.54, 1.807) is 0 Å². The second kappa shape index (κ2) is 2.70. The molecule has 2 aromatic rings. The van der Waals surface area contributed by atoms with Crippen molar-refractivity contribution in [1.82, 2.24) is 0 Å². The molecule has 0 radical (unpaired) electrons. The Bertz CT molecular complexity index is 505. The molecule has 4 N–H and O–H groups in total. The summed E-state index contributed by atoms with van der Waals surface area (Å²) in [6.45, 7) is 0. The van der Waals surface area contributed by atoms with E-state index in [0.29, 0.717) is 10.8 Å². The van der Waals surface area contributed by atoms with Gasteiger partial charge in [-0.05, 0) is 23.6 Å². The SMILES string of the molecule is Oc1cc(O)c2cc(O)c(O)cc2c1. The standard InChI is InChI=1S/C10H8O4/c11-6-1-5-2-9(13)10(14)4-7(5)8(12)3-6/h1-4,11-14H. The lowest BCUT2D eigenvalue weighted by atomic mass is 10.1. The first-order valence-corrected chi connectivity index (χ1v) is 3.95. The maximum atomic E-state index is 9.41. The van der Waals surface area contributed by atoms with Crippen LogP contribution in [0.3, 0.4) is 0 Å². The van der Waals surface area contributed by atoms with Crippen LogP contribution in [0, 0.1) is 0 Å². The number of phenolic OH excluding ortho intramolecular Hbond substituents is 4. The summed E-state index contributed by atoms with van der Waals surface area (Å²) < 4.78 is 0. The van der Waals surface area contributed by atoms with E-state index >= 15 is 0 Å². The Morgan fingerprint density at radius 1 is 0.643 bits per heavy atom. The van der Waals surface area contributed by atoms with Gasteiger partial charge in [-0.2, -0.15) is 0 Å². The van der Waals surface area contributed by atoms with Gasteiger partial charge in [0.25, 0.3) is 0 Å². The third-order valence-electron chi connectivity index (χ3n) is 2.01. The molecule has 0 heterocycles. The van der Waals surface area contributed by atoms with E-state index in [-0.39, 0.29) is 23.0 Å². The van der Waals surface area contributed by atoms with Crippen molar-refractivity contribution in [2.24, 2.45) is 0 Å². The number of hydrogen-bond donors (Lipinski definition) is 4. The fourth-order valence-corrected chi connectivity index (χ4v) is 1.35. The predicted molar refractivity (Wildman–Crippen MR) is 50.6 cm³/mol. The van der Waals surface area contributed by atoms with Crippen LogP contribution in [0.25, 0.3) is 10.8 Å². The third-order valence-corrected chi connectivity index (χ3v) is 2.01. The molecule has 0 aliphatic rings. The molecule has 72 valence electrons. The number of hydrogen-bond acceptors (Lipinski definition) is 4. The van der Waals surface area contributed by atoms with Gasteiger partial charge in [-0.15, -0.1) is 0 Å². The average Bonchev–Trinajstić information content (AvgIpc) is 2.08. The molecular weight excluding hydrogens is 184 g/mol. The molecule has 0 aliphatic carbocycles. The molecule has 0 amide bonds. The first-order chi connectivity index (χ1) is 6.58. The normalized spacial score (nSPS) is 10.6. The molecule has 0 bridgehead atoms. The Labute approximate surface area is 79.3 Å². The second-order valence-electron chi connectivity index (χ2n) is 3.03. The molecule has 0 saturated carbocycles. The van der Waals surface area contributed by atoms with Crippen molar-refractivity contribution in [1.29, 1.82) is 0 Å². The molecule has 14 heavy (non-hydrogen) atoms. The lowest BCUT2D eigenvalue weighted by Gasteiger charge is -2.04. The van der Waals surface area contributed by atoms with Crippen molar-refractivity contribution in [3.8, 4) is 23.0 Å². The number of fused-ring (bicyclic) bond motifs is 1. The summed E-state index contributed by atoms with van der Waals surface area (Å²) in [5, 5.41) is 37.8. The second-order valence-corrected chi connectivity index (χ2v) is 3.03. The Morgan fingerprint density at radius 3 is 2.00 bits per heavy atom. The van der Waals surface area contributed by atoms with E-state index in [9.17, 15) is 15.3 Å². The Hall–Kier alpha value is -2.10. The Balaban J connectivity index is 2.89. The van der Waals surface area contributed by atoms with E-state index < -0.39 is 0 Å². The van der Waals surface area contributed by atoms with E-state index in [4.69, 9.17) is 5.11 Å². The van der Waals surface area contributed by atoms with Crippen LogP contribution in [0.15, 0.2) is 24.3 Å². The maximum absolute atomic E-state index is 9.41. The highest BCUT2D eigenvalue weighted by Crippen LogP contribution is 2.36. The first-order valence-electron chi connectivity index (χ1n) is 3.95. The molecule has 2 rings (SSSR count). The van der Waals surface area contributed by atoms with Gasteiger partial charge in [0, 0.05) is 11.5 Å². The summed E-state index contributed by atoms with van der Waals surface area (Å²) in [5.74, 6) is -0.837. The average molecular weight is 192 g/mol. The highest BCUT2D eigenvalue weighted by Gasteiger charge is 2.07. The van der Waals surface area contributed by atoms with Gasteiger partial charge < -0.3 is 20.4 Å². The van der Waals surface area contributed by atoms with Crippen molar-refractivity contribution in [2.45, 2.75) is 0 Å². The Kier molecular flexibility index (Phi) is 1.64. The van der Waals surface area contributed by atoms with Gasteiger partial charge >= 0.3 is 0 Å². The molecule has 0 spiro atoms. The molecule has 0 saturated heterocycles. The molecule has 0 atom stereocenters. The van der Waals surface area contributed by atoms with Crippen molar-refractivity contribution >= 4 is 10.8 Å². The maximum Gasteiger partial charge on any atom is 0.158 e. The fraction of sp³-hybridized carbons (Fsp3) is 0. The van der Waals surface area contributed by atoms with Crippen LogP contribution >= 0.6 is 0 Å². The van der Waals surface area contributed by atoms with Gasteiger partial charge in [-0.3, -0.25) is 0 Å². The van der Waals surface area contributed by atoms with E-state index in [1.165, 1.54) is 24.3 Å². The predicted octanol–water partition coefficient (Wildman–Crippen LogP) is 1.66. The molecule has 4 heteroatoms. The lowest BCUT2D eigenvalue weighted by molar-refractivity contribution is 0.404. The van der Waals surface area contributed by atoms with Gasteiger partial charge in [0.1, 0.15) is 11.5 Å². The van der Waals surface area contributed by atoms with Crippen LogP contribution in [-0.4, -0.2) is 20.4 Å². The molecule has 0 aromatic heterocycles. The number of rotatable bonds is 0. The minimum atomic E-state index is -0.307. The van der Waals surface area contributed by atoms with E-state index in [1.807, 2.05) is 0 Å². The summed E-state index contributed by atoms with van der Waals surface area (Å²) in [6.07, 6.45) is 0. The summed E-state index contributed by atoms with van der Waals surface area (Å²) in [5.41, 5.74) is 0. The first kappa shape index (κ1) is 8.50. The van der Waals surface area contributed by atoms with Gasteiger partial charge in [0.15, 0.2) is 11.5 Å². The minimum absolute atomic E-state index is 0.0971. The number of benzene rings is 2. The number of phenols is 4. The summed E-state index contributed by atoms with van der Waals surface area (Å²) in [6, 6.07) is 5.05. The van der Waals surface area contributed by atoms with Crippen molar-refractivity contribution in [3.63, 3.8) is 0 Å². The van der Waals surface area contributed by atoms with Crippen LogP contribution in [0.5, 0.6) is 23.0 Å². The van der Waals surface area contributed by atoms with Gasteiger partial charge in [-0.1, -0.05) is 0 Å².